The Bertz CT molecular complexity index is 933. The molecule has 0 aliphatic heterocycles. The van der Waals surface area contributed by atoms with E-state index >= 15 is 0 Å². The van der Waals surface area contributed by atoms with Crippen LogP contribution in [0.25, 0.3) is 0 Å². The van der Waals surface area contributed by atoms with Gasteiger partial charge in [-0.25, -0.2) is 0 Å². The number of carbonyl (C=O) groups excluding carboxylic acids is 1. The molecule has 0 unspecified atom stereocenters. The largest absolute Gasteiger partial charge is 0.492 e. The number of rotatable bonds is 8. The van der Waals surface area contributed by atoms with E-state index in [0.717, 1.165) is 47.1 Å². The van der Waals surface area contributed by atoms with Crippen molar-refractivity contribution in [1.82, 2.24) is 5.32 Å². The fourth-order valence-electron chi connectivity index (χ4n) is 5.40. The number of hydrogen-bond acceptors (Lipinski definition) is 4. The molecular formula is C25H33NO2S. The van der Waals surface area contributed by atoms with E-state index < -0.39 is 0 Å². The summed E-state index contributed by atoms with van der Waals surface area (Å²) in [6.07, 6.45) is 2.49. The fraction of sp³-hybridized carbons (Fsp3) is 0.560. The van der Waals surface area contributed by atoms with E-state index in [1.165, 1.54) is 21.6 Å². The monoisotopic (exact) mass is 411 g/mol. The Balaban J connectivity index is 1.44. The average molecular weight is 412 g/mol. The number of fused-ring (bicyclic) bond motifs is 3. The average Bonchev–Trinajstić information content (AvgIpc) is 3.00. The smallest absolute Gasteiger partial charge is 0.173 e. The SMILES string of the molecule is CNCCOc1c(C)cc(CCC(=O)c2sc(C)c3c2C[C@@H]2[C@H]3C2(C)C)cc1C. The lowest BCUT2D eigenvalue weighted by atomic mass is 9.93. The first kappa shape index (κ1) is 20.6. The predicted octanol–water partition coefficient (Wildman–Crippen LogP) is 5.38. The van der Waals surface area contributed by atoms with Crippen molar-refractivity contribution >= 4 is 17.1 Å². The van der Waals surface area contributed by atoms with Crippen molar-refractivity contribution in [3.05, 3.63) is 49.7 Å². The van der Waals surface area contributed by atoms with Gasteiger partial charge in [-0.2, -0.15) is 0 Å². The van der Waals surface area contributed by atoms with Crippen molar-refractivity contribution in [2.24, 2.45) is 11.3 Å². The summed E-state index contributed by atoms with van der Waals surface area (Å²) in [6, 6.07) is 4.35. The molecule has 29 heavy (non-hydrogen) atoms. The van der Waals surface area contributed by atoms with Crippen LogP contribution in [0.1, 0.15) is 68.6 Å². The summed E-state index contributed by atoms with van der Waals surface area (Å²) in [4.78, 5) is 15.5. The normalized spacial score (nSPS) is 21.0. The van der Waals surface area contributed by atoms with Gasteiger partial charge in [0.25, 0.3) is 0 Å². The quantitative estimate of drug-likeness (QED) is 0.468. The molecule has 1 saturated carbocycles. The number of nitrogens with one attached hydrogen (secondary N) is 1. The maximum Gasteiger partial charge on any atom is 0.173 e. The Morgan fingerprint density at radius 2 is 1.93 bits per heavy atom. The third-order valence-corrected chi connectivity index (χ3v) is 8.24. The van der Waals surface area contributed by atoms with Crippen LogP contribution in [-0.2, 0) is 12.8 Å². The zero-order valence-electron chi connectivity index (χ0n) is 18.6. The Morgan fingerprint density at radius 3 is 2.59 bits per heavy atom. The number of ketones is 1. The zero-order chi connectivity index (χ0) is 20.9. The summed E-state index contributed by atoms with van der Waals surface area (Å²) in [7, 11) is 1.93. The lowest BCUT2D eigenvalue weighted by Crippen LogP contribution is -2.16. The molecule has 0 amide bonds. The van der Waals surface area contributed by atoms with Crippen LogP contribution in [0.15, 0.2) is 12.1 Å². The van der Waals surface area contributed by atoms with Crippen molar-refractivity contribution < 1.29 is 9.53 Å². The molecule has 3 nitrogen and oxygen atoms in total. The molecule has 2 aliphatic rings. The van der Waals surface area contributed by atoms with E-state index in [9.17, 15) is 4.79 Å². The van der Waals surface area contributed by atoms with Crippen LogP contribution in [0, 0.1) is 32.1 Å². The summed E-state index contributed by atoms with van der Waals surface area (Å²) < 4.78 is 5.91. The number of carbonyl (C=O) groups is 1. The second-order valence-electron chi connectivity index (χ2n) is 9.42. The molecule has 2 aliphatic carbocycles. The molecule has 0 saturated heterocycles. The van der Waals surface area contributed by atoms with Crippen molar-refractivity contribution in [3.8, 4) is 5.75 Å². The first-order valence-corrected chi connectivity index (χ1v) is 11.6. The van der Waals surface area contributed by atoms with Crippen LogP contribution in [0.5, 0.6) is 5.75 Å². The fourth-order valence-corrected chi connectivity index (χ4v) is 6.59. The third kappa shape index (κ3) is 3.55. The summed E-state index contributed by atoms with van der Waals surface area (Å²) in [5.74, 6) is 2.75. The van der Waals surface area contributed by atoms with Crippen LogP contribution in [-0.4, -0.2) is 26.0 Å². The molecule has 1 aromatic carbocycles. The summed E-state index contributed by atoms with van der Waals surface area (Å²) in [5.41, 5.74) is 6.86. The highest BCUT2D eigenvalue weighted by Crippen LogP contribution is 2.71. The summed E-state index contributed by atoms with van der Waals surface area (Å²) >= 11 is 1.74. The highest BCUT2D eigenvalue weighted by molar-refractivity contribution is 7.14. The van der Waals surface area contributed by atoms with E-state index in [4.69, 9.17) is 4.74 Å². The Kier molecular flexibility index (Phi) is 5.37. The number of likely N-dealkylation sites (N-methyl/N-ethyl adjacent to an activating group) is 1. The molecule has 1 aromatic heterocycles. The molecule has 2 aromatic rings. The molecule has 0 radical (unpaired) electrons. The molecule has 4 heteroatoms. The number of aryl methyl sites for hydroxylation is 4. The minimum atomic E-state index is 0.322. The number of Topliss-reactive ketones (excluding diaryl/α,β-unsaturated/α-hetero) is 1. The topological polar surface area (TPSA) is 38.3 Å². The highest BCUT2D eigenvalue weighted by Gasteiger charge is 2.63. The molecule has 0 bridgehead atoms. The summed E-state index contributed by atoms with van der Waals surface area (Å²) in [6.45, 7) is 12.6. The molecule has 2 atom stereocenters. The minimum absolute atomic E-state index is 0.322. The molecule has 1 fully saturated rings. The van der Waals surface area contributed by atoms with Gasteiger partial charge >= 0.3 is 0 Å². The Labute approximate surface area is 178 Å². The van der Waals surface area contributed by atoms with Crippen molar-refractivity contribution in [2.75, 3.05) is 20.2 Å². The lowest BCUT2D eigenvalue weighted by Gasteiger charge is -2.14. The molecule has 156 valence electrons. The van der Waals surface area contributed by atoms with Gasteiger partial charge in [0.05, 0.1) is 4.88 Å². The van der Waals surface area contributed by atoms with Crippen LogP contribution in [0.3, 0.4) is 0 Å². The first-order chi connectivity index (χ1) is 13.8. The third-order valence-electron chi connectivity index (χ3n) is 7.03. The molecular weight excluding hydrogens is 378 g/mol. The van der Waals surface area contributed by atoms with Crippen molar-refractivity contribution in [3.63, 3.8) is 0 Å². The van der Waals surface area contributed by atoms with Crippen molar-refractivity contribution in [1.29, 1.82) is 0 Å². The van der Waals surface area contributed by atoms with Gasteiger partial charge in [-0.3, -0.25) is 4.79 Å². The van der Waals surface area contributed by atoms with Crippen LogP contribution in [0.4, 0.5) is 0 Å². The second-order valence-corrected chi connectivity index (χ2v) is 10.6. The Morgan fingerprint density at radius 1 is 1.24 bits per heavy atom. The van der Waals surface area contributed by atoms with Crippen molar-refractivity contribution in [2.45, 2.75) is 59.8 Å². The second kappa shape index (κ2) is 7.55. The van der Waals surface area contributed by atoms with Gasteiger partial charge in [-0.05, 0) is 85.7 Å². The van der Waals surface area contributed by atoms with Crippen LogP contribution in [0.2, 0.25) is 0 Å². The van der Waals surface area contributed by atoms with E-state index in [0.29, 0.717) is 30.1 Å². The predicted molar refractivity (Wildman–Crippen MR) is 121 cm³/mol. The van der Waals surface area contributed by atoms with Gasteiger partial charge in [-0.1, -0.05) is 26.0 Å². The van der Waals surface area contributed by atoms with Gasteiger partial charge in [-0.15, -0.1) is 11.3 Å². The van der Waals surface area contributed by atoms with Gasteiger partial charge in [0.15, 0.2) is 5.78 Å². The van der Waals surface area contributed by atoms with Crippen LogP contribution >= 0.6 is 11.3 Å². The highest BCUT2D eigenvalue weighted by atomic mass is 32.1. The maximum absolute atomic E-state index is 13.1. The number of ether oxygens (including phenoxy) is 1. The van der Waals surface area contributed by atoms with E-state index in [1.807, 2.05) is 7.05 Å². The number of thiophene rings is 1. The van der Waals surface area contributed by atoms with E-state index in [-0.39, 0.29) is 0 Å². The lowest BCUT2D eigenvalue weighted by molar-refractivity contribution is 0.0985. The van der Waals surface area contributed by atoms with E-state index in [2.05, 4.69) is 52.1 Å². The maximum atomic E-state index is 13.1. The minimum Gasteiger partial charge on any atom is -0.492 e. The standard InChI is InChI=1S/C25H33NO2S/c1-14-11-17(12-15(2)23(14)28-10-9-26-6)7-8-20(27)24-18-13-19-22(25(19,4)5)21(18)16(3)29-24/h11-12,19,22,26H,7-10,13H2,1-6H3/t19-,22-/m1/s1. The zero-order valence-corrected chi connectivity index (χ0v) is 19.4. The van der Waals surface area contributed by atoms with Gasteiger partial charge in [0, 0.05) is 17.8 Å². The Hall–Kier alpha value is -1.65. The summed E-state index contributed by atoms with van der Waals surface area (Å²) in [5, 5.41) is 3.10. The molecule has 0 spiro atoms. The van der Waals surface area contributed by atoms with Crippen LogP contribution < -0.4 is 10.1 Å². The molecule has 1 heterocycles. The van der Waals surface area contributed by atoms with E-state index in [1.54, 1.807) is 11.3 Å². The number of benzene rings is 1. The molecule has 4 rings (SSSR count). The number of hydrogen-bond donors (Lipinski definition) is 1. The molecule has 1 N–H and O–H groups in total. The van der Waals surface area contributed by atoms with Gasteiger partial charge in [0.2, 0.25) is 0 Å². The van der Waals surface area contributed by atoms with Gasteiger partial charge < -0.3 is 10.1 Å². The first-order valence-electron chi connectivity index (χ1n) is 10.8. The van der Waals surface area contributed by atoms with Gasteiger partial charge in [0.1, 0.15) is 12.4 Å².